The van der Waals surface area contributed by atoms with Gasteiger partial charge >= 0.3 is 0 Å². The summed E-state index contributed by atoms with van der Waals surface area (Å²) >= 11 is 0. The lowest BCUT2D eigenvalue weighted by Crippen LogP contribution is -1.87. The molecule has 0 unspecified atom stereocenters. The van der Waals surface area contributed by atoms with Gasteiger partial charge in [0.05, 0.1) is 0 Å². The third kappa shape index (κ3) is 1.77. The minimum absolute atomic E-state index is 0.0655. The van der Waals surface area contributed by atoms with Crippen LogP contribution >= 0.6 is 0 Å². The second-order valence-electron chi connectivity index (χ2n) is 6.21. The molecule has 0 bridgehead atoms. The number of benzene rings is 5. The van der Waals surface area contributed by atoms with Crippen LogP contribution in [0.15, 0.2) is 72.8 Å². The Balaban J connectivity index is 1.97. The maximum atomic E-state index is 9.84. The number of hydrogen-bond acceptors (Lipinski definition) is 2. The minimum atomic E-state index is 0.0655. The van der Waals surface area contributed by atoms with Crippen molar-refractivity contribution in [3.05, 3.63) is 72.8 Å². The molecule has 0 atom stereocenters. The van der Waals surface area contributed by atoms with E-state index in [0.717, 1.165) is 16.5 Å². The Morgan fingerprint density at radius 1 is 0.542 bits per heavy atom. The molecule has 2 nitrogen and oxygen atoms in total. The SMILES string of the molecule is Oc1cc(O)cc(-c2ccc3ccc4cccc5ccc2c3c45)c1. The predicted octanol–water partition coefficient (Wildman–Crippen LogP) is 5.66. The van der Waals surface area contributed by atoms with E-state index in [-0.39, 0.29) is 11.5 Å². The molecule has 0 aliphatic carbocycles. The second kappa shape index (κ2) is 4.62. The molecule has 5 rings (SSSR count). The molecule has 0 aliphatic rings. The van der Waals surface area contributed by atoms with Gasteiger partial charge in [0.2, 0.25) is 0 Å². The number of aromatic hydroxyl groups is 2. The standard InChI is InChI=1S/C22H14O2/c23-17-10-16(11-18(24)12-17)19-8-6-15-5-4-13-2-1-3-14-7-9-20(19)22(15)21(13)14/h1-12,23-24H. The van der Waals surface area contributed by atoms with E-state index in [4.69, 9.17) is 0 Å². The summed E-state index contributed by atoms with van der Waals surface area (Å²) in [6.45, 7) is 0. The Morgan fingerprint density at radius 3 is 1.83 bits per heavy atom. The van der Waals surface area contributed by atoms with Crippen LogP contribution in [-0.2, 0) is 0 Å². The first-order valence-electron chi connectivity index (χ1n) is 7.91. The molecule has 0 spiro atoms. The minimum Gasteiger partial charge on any atom is -0.508 e. The molecule has 0 fully saturated rings. The fourth-order valence-electron chi connectivity index (χ4n) is 3.74. The van der Waals surface area contributed by atoms with Crippen molar-refractivity contribution in [2.75, 3.05) is 0 Å². The summed E-state index contributed by atoms with van der Waals surface area (Å²) in [4.78, 5) is 0. The topological polar surface area (TPSA) is 40.5 Å². The molecule has 5 aromatic carbocycles. The van der Waals surface area contributed by atoms with Crippen LogP contribution in [0.4, 0.5) is 0 Å². The molecule has 0 saturated carbocycles. The first-order valence-corrected chi connectivity index (χ1v) is 7.91. The Labute approximate surface area is 138 Å². The van der Waals surface area contributed by atoms with E-state index >= 15 is 0 Å². The molecule has 0 radical (unpaired) electrons. The zero-order valence-electron chi connectivity index (χ0n) is 12.8. The maximum Gasteiger partial charge on any atom is 0.119 e. The largest absolute Gasteiger partial charge is 0.508 e. The highest BCUT2D eigenvalue weighted by molar-refractivity contribution is 6.25. The quantitative estimate of drug-likeness (QED) is 0.392. The number of phenols is 2. The second-order valence-corrected chi connectivity index (χ2v) is 6.21. The first kappa shape index (κ1) is 13.2. The molecule has 2 N–H and O–H groups in total. The monoisotopic (exact) mass is 310 g/mol. The lowest BCUT2D eigenvalue weighted by Gasteiger charge is -2.14. The van der Waals surface area contributed by atoms with E-state index in [9.17, 15) is 10.2 Å². The fourth-order valence-corrected chi connectivity index (χ4v) is 3.74. The van der Waals surface area contributed by atoms with Crippen LogP contribution in [0.25, 0.3) is 43.4 Å². The van der Waals surface area contributed by atoms with Crippen LogP contribution in [-0.4, -0.2) is 10.2 Å². The first-order chi connectivity index (χ1) is 11.7. The van der Waals surface area contributed by atoms with Gasteiger partial charge in [-0.3, -0.25) is 0 Å². The van der Waals surface area contributed by atoms with E-state index in [1.165, 1.54) is 33.0 Å². The van der Waals surface area contributed by atoms with E-state index in [1.54, 1.807) is 12.1 Å². The van der Waals surface area contributed by atoms with Gasteiger partial charge in [-0.2, -0.15) is 0 Å². The van der Waals surface area contributed by atoms with Gasteiger partial charge in [-0.1, -0.05) is 54.6 Å². The van der Waals surface area contributed by atoms with Crippen LogP contribution in [0.2, 0.25) is 0 Å². The van der Waals surface area contributed by atoms with Gasteiger partial charge in [-0.05, 0) is 55.6 Å². The van der Waals surface area contributed by atoms with Crippen LogP contribution in [0, 0.1) is 0 Å². The Morgan fingerprint density at radius 2 is 1.12 bits per heavy atom. The van der Waals surface area contributed by atoms with E-state index in [0.29, 0.717) is 0 Å². The molecule has 0 heterocycles. The molecule has 0 saturated heterocycles. The van der Waals surface area contributed by atoms with Gasteiger partial charge < -0.3 is 10.2 Å². The summed E-state index contributed by atoms with van der Waals surface area (Å²) < 4.78 is 0. The smallest absolute Gasteiger partial charge is 0.119 e. The summed E-state index contributed by atoms with van der Waals surface area (Å²) in [6, 6.07) is 23.8. The van der Waals surface area contributed by atoms with Crippen LogP contribution in [0.5, 0.6) is 11.5 Å². The summed E-state index contributed by atoms with van der Waals surface area (Å²) in [5.41, 5.74) is 1.82. The van der Waals surface area contributed by atoms with Crippen LogP contribution in [0.3, 0.4) is 0 Å². The summed E-state index contributed by atoms with van der Waals surface area (Å²) in [6.07, 6.45) is 0. The van der Waals surface area contributed by atoms with Crippen molar-refractivity contribution in [3.8, 4) is 22.6 Å². The highest BCUT2D eigenvalue weighted by Gasteiger charge is 2.12. The van der Waals surface area contributed by atoms with Crippen molar-refractivity contribution in [3.63, 3.8) is 0 Å². The van der Waals surface area contributed by atoms with Crippen molar-refractivity contribution in [1.29, 1.82) is 0 Å². The molecule has 0 aromatic heterocycles. The molecule has 114 valence electrons. The van der Waals surface area contributed by atoms with Crippen molar-refractivity contribution >= 4 is 32.3 Å². The average Bonchev–Trinajstić information content (AvgIpc) is 2.58. The van der Waals surface area contributed by atoms with E-state index < -0.39 is 0 Å². The van der Waals surface area contributed by atoms with Gasteiger partial charge in [-0.15, -0.1) is 0 Å². The predicted molar refractivity (Wildman–Crippen MR) is 98.9 cm³/mol. The zero-order valence-corrected chi connectivity index (χ0v) is 12.8. The highest BCUT2D eigenvalue weighted by atomic mass is 16.3. The summed E-state index contributed by atoms with van der Waals surface area (Å²) in [5.74, 6) is 0.131. The Bertz CT molecular complexity index is 1190. The van der Waals surface area contributed by atoms with Gasteiger partial charge in [0.1, 0.15) is 11.5 Å². The third-order valence-corrected chi connectivity index (χ3v) is 4.74. The van der Waals surface area contributed by atoms with Gasteiger partial charge in [0, 0.05) is 6.07 Å². The molecule has 0 amide bonds. The fraction of sp³-hybridized carbons (Fsp3) is 0. The molecule has 0 aliphatic heterocycles. The summed E-state index contributed by atoms with van der Waals surface area (Å²) in [7, 11) is 0. The van der Waals surface area contributed by atoms with E-state index in [2.05, 4.69) is 54.6 Å². The lowest BCUT2D eigenvalue weighted by atomic mass is 9.90. The molecular formula is C22H14O2. The van der Waals surface area contributed by atoms with E-state index in [1.807, 2.05) is 0 Å². The molecule has 24 heavy (non-hydrogen) atoms. The lowest BCUT2D eigenvalue weighted by molar-refractivity contribution is 0.451. The summed E-state index contributed by atoms with van der Waals surface area (Å²) in [5, 5.41) is 26.9. The molecule has 2 heteroatoms. The number of rotatable bonds is 1. The van der Waals surface area contributed by atoms with Crippen LogP contribution in [0.1, 0.15) is 0 Å². The average molecular weight is 310 g/mol. The van der Waals surface area contributed by atoms with Gasteiger partial charge in [-0.25, -0.2) is 0 Å². The maximum absolute atomic E-state index is 9.84. The van der Waals surface area contributed by atoms with Crippen molar-refractivity contribution in [2.24, 2.45) is 0 Å². The van der Waals surface area contributed by atoms with Crippen molar-refractivity contribution in [1.82, 2.24) is 0 Å². The third-order valence-electron chi connectivity index (χ3n) is 4.74. The van der Waals surface area contributed by atoms with Crippen LogP contribution < -0.4 is 0 Å². The van der Waals surface area contributed by atoms with Gasteiger partial charge in [0.15, 0.2) is 0 Å². The molecular weight excluding hydrogens is 296 g/mol. The van der Waals surface area contributed by atoms with Crippen molar-refractivity contribution < 1.29 is 10.2 Å². The van der Waals surface area contributed by atoms with Crippen molar-refractivity contribution in [2.45, 2.75) is 0 Å². The zero-order chi connectivity index (χ0) is 16.3. The molecule has 5 aromatic rings. The Hall–Kier alpha value is -3.26. The normalized spacial score (nSPS) is 11.7. The highest BCUT2D eigenvalue weighted by Crippen LogP contribution is 2.40. The number of hydrogen-bond donors (Lipinski definition) is 2. The Kier molecular flexibility index (Phi) is 2.54. The van der Waals surface area contributed by atoms with Gasteiger partial charge in [0.25, 0.3) is 0 Å². The number of phenolic OH excluding ortho intramolecular Hbond substituents is 2.